The molecule has 3 amide bonds. The Kier molecular flexibility index (Phi) is 6.74. The van der Waals surface area contributed by atoms with Crippen LogP contribution in [-0.2, 0) is 4.79 Å². The number of carbonyl (C=O) groups excluding carboxylic acids is 2. The number of rotatable bonds is 8. The van der Waals surface area contributed by atoms with Crippen molar-refractivity contribution in [2.45, 2.75) is 116 Å². The molecule has 2 rings (SSSR count). The molecule has 5 heteroatoms. The van der Waals surface area contributed by atoms with Crippen LogP contribution in [0.25, 0.3) is 0 Å². The summed E-state index contributed by atoms with van der Waals surface area (Å²) in [6, 6.07) is 3.47. The Morgan fingerprint density at radius 3 is 1.84 bits per heavy atom. The van der Waals surface area contributed by atoms with Gasteiger partial charge in [0.05, 0.1) is 0 Å². The Morgan fingerprint density at radius 1 is 0.920 bits per heavy atom. The Labute approximate surface area is 155 Å². The van der Waals surface area contributed by atoms with Gasteiger partial charge in [0.15, 0.2) is 8.24 Å². The van der Waals surface area contributed by atoms with Gasteiger partial charge in [-0.25, -0.2) is 4.79 Å². The molecule has 0 unspecified atom stereocenters. The summed E-state index contributed by atoms with van der Waals surface area (Å²) in [5.74, 6) is 0.0880. The van der Waals surface area contributed by atoms with Crippen molar-refractivity contribution < 1.29 is 9.59 Å². The van der Waals surface area contributed by atoms with Crippen molar-refractivity contribution in [2.75, 3.05) is 0 Å². The summed E-state index contributed by atoms with van der Waals surface area (Å²) in [5.41, 5.74) is -0.674. The number of nitrogens with zero attached hydrogens (tertiary/aromatic N) is 2. The number of urea groups is 1. The smallest absolute Gasteiger partial charge is 0.308 e. The minimum atomic E-state index is -2.09. The predicted molar refractivity (Wildman–Crippen MR) is 106 cm³/mol. The summed E-state index contributed by atoms with van der Waals surface area (Å²) < 4.78 is 1.85. The van der Waals surface area contributed by atoms with E-state index in [1.54, 1.807) is 0 Å². The van der Waals surface area contributed by atoms with Gasteiger partial charge in [-0.1, -0.05) is 59.3 Å². The van der Waals surface area contributed by atoms with Crippen LogP contribution < -0.4 is 0 Å². The second kappa shape index (κ2) is 8.23. The predicted octanol–water partition coefficient (Wildman–Crippen LogP) is 5.54. The maximum atomic E-state index is 13.6. The fourth-order valence-electron chi connectivity index (χ4n) is 5.29. The van der Waals surface area contributed by atoms with Crippen molar-refractivity contribution in [3.8, 4) is 0 Å². The normalized spacial score (nSPS) is 22.1. The summed E-state index contributed by atoms with van der Waals surface area (Å²) in [6.45, 7) is 10.5. The SMILES string of the molecule is CCC[Si](CCC)(CCC)N1C(=O)N(C2CCCCC2)C(C)(C)C1=O. The van der Waals surface area contributed by atoms with Gasteiger partial charge in [0, 0.05) is 6.04 Å². The molecule has 2 fully saturated rings. The fourth-order valence-corrected chi connectivity index (χ4v) is 10.7. The summed E-state index contributed by atoms with van der Waals surface area (Å²) >= 11 is 0. The molecule has 0 N–H and O–H groups in total. The first-order valence-corrected chi connectivity index (χ1v) is 13.1. The second-order valence-electron chi connectivity index (χ2n) is 8.62. The average molecular weight is 367 g/mol. The molecule has 0 aromatic carbocycles. The molecule has 4 nitrogen and oxygen atoms in total. The van der Waals surface area contributed by atoms with Crippen molar-refractivity contribution in [1.29, 1.82) is 0 Å². The van der Waals surface area contributed by atoms with E-state index in [1.807, 2.05) is 23.3 Å². The van der Waals surface area contributed by atoms with Gasteiger partial charge in [0.25, 0.3) is 0 Å². The van der Waals surface area contributed by atoms with Crippen LogP contribution in [-0.4, -0.2) is 41.2 Å². The molecule has 1 aliphatic carbocycles. The van der Waals surface area contributed by atoms with E-state index in [2.05, 4.69) is 20.8 Å². The lowest BCUT2D eigenvalue weighted by atomic mass is 9.91. The van der Waals surface area contributed by atoms with Gasteiger partial charge >= 0.3 is 6.03 Å². The average Bonchev–Trinajstić information content (AvgIpc) is 2.74. The molecule has 1 saturated heterocycles. The third-order valence-corrected chi connectivity index (χ3v) is 11.9. The number of hydrogen-bond donors (Lipinski definition) is 0. The molecule has 0 radical (unpaired) electrons. The Bertz CT molecular complexity index is 469. The zero-order chi connectivity index (χ0) is 18.7. The molecule has 144 valence electrons. The Morgan fingerprint density at radius 2 is 1.40 bits per heavy atom. The van der Waals surface area contributed by atoms with Crippen molar-refractivity contribution in [3.63, 3.8) is 0 Å². The number of amides is 3. The number of imide groups is 1. The molecule has 0 bridgehead atoms. The van der Waals surface area contributed by atoms with Crippen molar-refractivity contribution >= 4 is 20.2 Å². The van der Waals surface area contributed by atoms with Crippen LogP contribution >= 0.6 is 0 Å². The van der Waals surface area contributed by atoms with E-state index in [0.29, 0.717) is 0 Å². The molecule has 2 aliphatic rings. The third-order valence-electron chi connectivity index (χ3n) is 6.29. The number of carbonyl (C=O) groups is 2. The van der Waals surface area contributed by atoms with E-state index in [-0.39, 0.29) is 18.0 Å². The van der Waals surface area contributed by atoms with E-state index >= 15 is 0 Å². The van der Waals surface area contributed by atoms with Crippen molar-refractivity contribution in [3.05, 3.63) is 0 Å². The first-order valence-electron chi connectivity index (χ1n) is 10.5. The van der Waals surface area contributed by atoms with Gasteiger partial charge in [-0.3, -0.25) is 9.36 Å². The van der Waals surface area contributed by atoms with E-state index in [9.17, 15) is 9.59 Å². The lowest BCUT2D eigenvalue weighted by Gasteiger charge is -2.39. The molecule has 0 aromatic heterocycles. The van der Waals surface area contributed by atoms with Crippen LogP contribution in [0.4, 0.5) is 4.79 Å². The second-order valence-corrected chi connectivity index (χ2v) is 13.0. The van der Waals surface area contributed by atoms with Crippen LogP contribution in [0, 0.1) is 0 Å². The van der Waals surface area contributed by atoms with Gasteiger partial charge in [0.1, 0.15) is 5.54 Å². The molecule has 0 spiro atoms. The van der Waals surface area contributed by atoms with Gasteiger partial charge in [-0.05, 0) is 44.8 Å². The Balaban J connectivity index is 2.41. The maximum absolute atomic E-state index is 13.6. The van der Waals surface area contributed by atoms with Crippen LogP contribution in [0.15, 0.2) is 0 Å². The minimum Gasteiger partial charge on any atom is -0.308 e. The van der Waals surface area contributed by atoms with E-state index in [1.165, 1.54) is 19.3 Å². The van der Waals surface area contributed by atoms with Gasteiger partial charge in [0.2, 0.25) is 5.91 Å². The molecule has 25 heavy (non-hydrogen) atoms. The van der Waals surface area contributed by atoms with E-state index < -0.39 is 13.8 Å². The number of hydrogen-bond acceptors (Lipinski definition) is 2. The quantitative estimate of drug-likeness (QED) is 0.418. The van der Waals surface area contributed by atoms with Crippen LogP contribution in [0.3, 0.4) is 0 Å². The molecular weight excluding hydrogens is 328 g/mol. The Hall–Kier alpha value is -0.843. The zero-order valence-electron chi connectivity index (χ0n) is 17.1. The molecule has 1 aliphatic heterocycles. The third kappa shape index (κ3) is 3.67. The first kappa shape index (κ1) is 20.5. The largest absolute Gasteiger partial charge is 0.319 e. The van der Waals surface area contributed by atoms with E-state index in [4.69, 9.17) is 0 Å². The summed E-state index contributed by atoms with van der Waals surface area (Å²) in [6.07, 6.45) is 8.92. The molecule has 0 atom stereocenters. The fraction of sp³-hybridized carbons (Fsp3) is 0.900. The zero-order valence-corrected chi connectivity index (χ0v) is 18.1. The standard InChI is InChI=1S/C20H38N2O2Si/c1-6-14-25(15-7-2,16-8-3)22-18(23)20(4,5)21(19(22)24)17-12-10-9-11-13-17/h17H,6-16H2,1-5H3. The summed E-state index contributed by atoms with van der Waals surface area (Å²) in [4.78, 5) is 29.0. The van der Waals surface area contributed by atoms with Crippen LogP contribution in [0.5, 0.6) is 0 Å². The highest BCUT2D eigenvalue weighted by Gasteiger charge is 2.59. The summed E-state index contributed by atoms with van der Waals surface area (Å²) in [7, 11) is -2.09. The van der Waals surface area contributed by atoms with E-state index in [0.717, 1.165) is 50.2 Å². The highest BCUT2D eigenvalue weighted by atomic mass is 28.3. The van der Waals surface area contributed by atoms with Crippen molar-refractivity contribution in [2.24, 2.45) is 0 Å². The van der Waals surface area contributed by atoms with Crippen LogP contribution in [0.1, 0.15) is 86.0 Å². The first-order chi connectivity index (χ1) is 11.9. The lowest BCUT2D eigenvalue weighted by molar-refractivity contribution is -0.130. The van der Waals surface area contributed by atoms with Crippen molar-refractivity contribution in [1.82, 2.24) is 9.47 Å². The van der Waals surface area contributed by atoms with Gasteiger partial charge < -0.3 is 4.90 Å². The molecular formula is C20H38N2O2Si. The highest BCUT2D eigenvalue weighted by Crippen LogP contribution is 2.41. The lowest BCUT2D eigenvalue weighted by Crippen LogP contribution is -2.57. The molecule has 1 saturated carbocycles. The maximum Gasteiger partial charge on any atom is 0.319 e. The van der Waals surface area contributed by atoms with Gasteiger partial charge in [-0.15, -0.1) is 0 Å². The van der Waals surface area contributed by atoms with Crippen LogP contribution in [0.2, 0.25) is 18.1 Å². The topological polar surface area (TPSA) is 40.6 Å². The molecule has 0 aromatic rings. The van der Waals surface area contributed by atoms with Gasteiger partial charge in [-0.2, -0.15) is 0 Å². The molecule has 1 heterocycles. The highest BCUT2D eigenvalue weighted by molar-refractivity contribution is 6.81. The minimum absolute atomic E-state index is 0.0453. The summed E-state index contributed by atoms with van der Waals surface area (Å²) in [5, 5.41) is 0. The monoisotopic (exact) mass is 366 g/mol.